The monoisotopic (exact) mass is 1050 g/mol. The van der Waals surface area contributed by atoms with Crippen LogP contribution in [0.4, 0.5) is 0 Å². The summed E-state index contributed by atoms with van der Waals surface area (Å²) in [4.78, 5) is 0. The van der Waals surface area contributed by atoms with E-state index in [1.807, 2.05) is 13.0 Å². The molecule has 1 rings (SSSR count). The average Bonchev–Trinajstić information content (AvgIpc) is 3.36. The fourth-order valence-corrected chi connectivity index (χ4v) is 12.0. The van der Waals surface area contributed by atoms with Crippen LogP contribution in [-0.2, 0) is 6.42 Å². The smallest absolute Gasteiger partial charge is 0.127 e. The van der Waals surface area contributed by atoms with E-state index in [0.29, 0.717) is 5.92 Å². The number of ether oxygens (including phenoxy) is 2. The molecular weight excluding hydrogens is 913 g/mol. The molecule has 3 heteroatoms. The first-order valence-electron chi connectivity index (χ1n) is 33.9. The van der Waals surface area contributed by atoms with Crippen LogP contribution in [0.1, 0.15) is 358 Å². The highest BCUT2D eigenvalue weighted by molar-refractivity contribution is 5.39. The van der Waals surface area contributed by atoms with E-state index in [4.69, 9.17) is 9.47 Å². The maximum absolute atomic E-state index is 12.3. The summed E-state index contributed by atoms with van der Waals surface area (Å²) < 4.78 is 12.8. The molecule has 0 saturated heterocycles. The van der Waals surface area contributed by atoms with Crippen LogP contribution in [0.5, 0.6) is 11.5 Å². The molecule has 3 nitrogen and oxygen atoms in total. The normalized spacial score (nSPS) is 15.1. The number of benzene rings is 1. The first-order chi connectivity index (χ1) is 36.1. The molecule has 0 fully saturated rings. The zero-order chi connectivity index (χ0) is 55.2. The summed E-state index contributed by atoms with van der Waals surface area (Å²) >= 11 is 0. The third-order valence-corrected chi connectivity index (χ3v) is 17.5. The van der Waals surface area contributed by atoms with Crippen LogP contribution >= 0.6 is 0 Å². The number of aryl methyl sites for hydroxylation is 1. The lowest BCUT2D eigenvalue weighted by Gasteiger charge is -2.34. The molecule has 1 aromatic carbocycles. The third kappa shape index (κ3) is 44.0. The Morgan fingerprint density at radius 3 is 1.21 bits per heavy atom. The number of unbranched alkanes of at least 4 members (excludes halogenated alkanes) is 22. The van der Waals surface area contributed by atoms with Crippen molar-refractivity contribution in [2.75, 3.05) is 7.11 Å². The van der Waals surface area contributed by atoms with E-state index in [2.05, 4.69) is 87.4 Å². The largest absolute Gasteiger partial charge is 0.497 e. The lowest BCUT2D eigenvalue weighted by atomic mass is 9.86. The fourth-order valence-electron chi connectivity index (χ4n) is 12.0. The maximum atomic E-state index is 12.3. The standard InChI is InChI=1S/C72H136O3/c1-13-14-15-16-17-18-19-20-21-22-23-24-25-26-27-28-29-30-31-32-33-34-35-55-68-58-69(74-12)60-70(59-68)75-71(72(11,73)57-42-54-67(10)52-40-48-64(7)46-37-44-62(4)5)56-41-53-66(9)51-39-50-65(8)49-38-47-63(6)45-36-43-61(2)3/h53,58-65,67,71,73H,13-52,54-57H2,1-12H3/b66-53+/t63-,64-,65-,67-,71?,72?/m1/s1. The van der Waals surface area contributed by atoms with E-state index < -0.39 is 5.60 Å². The van der Waals surface area contributed by atoms with Crippen LogP contribution in [0.3, 0.4) is 0 Å². The van der Waals surface area contributed by atoms with E-state index in [1.165, 1.54) is 262 Å². The Hall–Kier alpha value is -1.48. The van der Waals surface area contributed by atoms with Gasteiger partial charge in [-0.05, 0) is 112 Å². The molecule has 75 heavy (non-hydrogen) atoms. The van der Waals surface area contributed by atoms with Crippen LogP contribution in [0.2, 0.25) is 0 Å². The number of aliphatic hydroxyl groups is 1. The Balaban J connectivity index is 2.62. The molecule has 0 aliphatic carbocycles. The summed E-state index contributed by atoms with van der Waals surface area (Å²) in [6, 6.07) is 6.49. The summed E-state index contributed by atoms with van der Waals surface area (Å²) in [5.74, 6) is 6.56. The van der Waals surface area contributed by atoms with E-state index in [0.717, 1.165) is 73.2 Å². The molecule has 0 aliphatic heterocycles. The zero-order valence-corrected chi connectivity index (χ0v) is 53.2. The Morgan fingerprint density at radius 1 is 0.453 bits per heavy atom. The molecule has 0 bridgehead atoms. The second-order valence-electron chi connectivity index (χ2n) is 26.9. The molecule has 0 spiro atoms. The quantitative estimate of drug-likeness (QED) is 0.0522. The molecule has 0 saturated carbocycles. The van der Waals surface area contributed by atoms with Crippen molar-refractivity contribution in [1.82, 2.24) is 0 Å². The average molecular weight is 1050 g/mol. The van der Waals surface area contributed by atoms with E-state index in [9.17, 15) is 5.11 Å². The first-order valence-corrected chi connectivity index (χ1v) is 33.9. The number of allylic oxidation sites excluding steroid dienone is 2. The van der Waals surface area contributed by atoms with Crippen molar-refractivity contribution < 1.29 is 14.6 Å². The van der Waals surface area contributed by atoms with Gasteiger partial charge in [0.15, 0.2) is 0 Å². The minimum Gasteiger partial charge on any atom is -0.497 e. The van der Waals surface area contributed by atoms with Crippen molar-refractivity contribution in [2.24, 2.45) is 35.5 Å². The van der Waals surface area contributed by atoms with Gasteiger partial charge in [-0.3, -0.25) is 0 Å². The van der Waals surface area contributed by atoms with Gasteiger partial charge >= 0.3 is 0 Å². The first kappa shape index (κ1) is 71.5. The van der Waals surface area contributed by atoms with Gasteiger partial charge in [-0.25, -0.2) is 0 Å². The summed E-state index contributed by atoms with van der Waals surface area (Å²) in [6.07, 6.45) is 60.6. The van der Waals surface area contributed by atoms with Crippen molar-refractivity contribution in [3.63, 3.8) is 0 Å². The molecule has 442 valence electrons. The zero-order valence-electron chi connectivity index (χ0n) is 53.2. The van der Waals surface area contributed by atoms with Crippen molar-refractivity contribution in [3.05, 3.63) is 35.4 Å². The Bertz CT molecular complexity index is 1410. The maximum Gasteiger partial charge on any atom is 0.127 e. The van der Waals surface area contributed by atoms with Crippen LogP contribution in [0, 0.1) is 35.5 Å². The van der Waals surface area contributed by atoms with Gasteiger partial charge in [-0.15, -0.1) is 0 Å². The number of methoxy groups -OCH3 is 1. The Kier molecular flexibility index (Phi) is 46.2. The molecule has 0 heterocycles. The lowest BCUT2D eigenvalue weighted by molar-refractivity contribution is -0.0585. The van der Waals surface area contributed by atoms with Crippen molar-refractivity contribution in [1.29, 1.82) is 0 Å². The van der Waals surface area contributed by atoms with E-state index in [1.54, 1.807) is 7.11 Å². The Morgan fingerprint density at radius 2 is 0.813 bits per heavy atom. The minimum absolute atomic E-state index is 0.282. The molecule has 0 aromatic heterocycles. The number of hydrogen-bond acceptors (Lipinski definition) is 3. The molecule has 1 aromatic rings. The lowest BCUT2D eigenvalue weighted by Crippen LogP contribution is -2.43. The predicted octanol–water partition coefficient (Wildman–Crippen LogP) is 24.3. The molecule has 0 radical (unpaired) electrons. The van der Waals surface area contributed by atoms with Gasteiger partial charge in [-0.2, -0.15) is 0 Å². The molecule has 1 N–H and O–H groups in total. The second kappa shape index (κ2) is 48.4. The van der Waals surface area contributed by atoms with Gasteiger partial charge < -0.3 is 14.6 Å². The van der Waals surface area contributed by atoms with E-state index in [-0.39, 0.29) is 6.10 Å². The van der Waals surface area contributed by atoms with Crippen molar-refractivity contribution >= 4 is 0 Å². The Labute approximate surface area is 472 Å². The predicted molar refractivity (Wildman–Crippen MR) is 336 cm³/mol. The molecule has 2 unspecified atom stereocenters. The second-order valence-corrected chi connectivity index (χ2v) is 26.9. The van der Waals surface area contributed by atoms with Gasteiger partial charge in [0, 0.05) is 6.07 Å². The van der Waals surface area contributed by atoms with Crippen LogP contribution in [0.15, 0.2) is 29.8 Å². The topological polar surface area (TPSA) is 38.7 Å². The van der Waals surface area contributed by atoms with Gasteiger partial charge in [0.1, 0.15) is 17.6 Å². The van der Waals surface area contributed by atoms with Crippen molar-refractivity contribution in [2.45, 2.75) is 370 Å². The highest BCUT2D eigenvalue weighted by Gasteiger charge is 2.33. The molecule has 0 amide bonds. The third-order valence-electron chi connectivity index (χ3n) is 17.5. The van der Waals surface area contributed by atoms with Gasteiger partial charge in [0.2, 0.25) is 0 Å². The summed E-state index contributed by atoms with van der Waals surface area (Å²) in [7, 11) is 1.77. The summed E-state index contributed by atoms with van der Waals surface area (Å²) in [5, 5.41) is 12.3. The molecule has 6 atom stereocenters. The summed E-state index contributed by atoms with van der Waals surface area (Å²) in [5.41, 5.74) is 1.86. The van der Waals surface area contributed by atoms with Gasteiger partial charge in [0.25, 0.3) is 0 Å². The number of hydrogen-bond donors (Lipinski definition) is 1. The van der Waals surface area contributed by atoms with Gasteiger partial charge in [0.05, 0.1) is 12.7 Å². The molecular formula is C72H136O3. The minimum atomic E-state index is -0.914. The van der Waals surface area contributed by atoms with Crippen molar-refractivity contribution in [3.8, 4) is 11.5 Å². The molecule has 0 aliphatic rings. The van der Waals surface area contributed by atoms with E-state index >= 15 is 0 Å². The fraction of sp³-hybridized carbons (Fsp3) is 0.889. The van der Waals surface area contributed by atoms with Gasteiger partial charge in [-0.1, -0.05) is 312 Å². The summed E-state index contributed by atoms with van der Waals surface area (Å²) in [6.45, 7) is 25.9. The van der Waals surface area contributed by atoms with Crippen LogP contribution < -0.4 is 9.47 Å². The van der Waals surface area contributed by atoms with Crippen LogP contribution in [0.25, 0.3) is 0 Å². The SMILES string of the molecule is CCCCCCCCCCCCCCCCCCCCCCCCCc1cc(OC)cc(OC(CC/C=C(\C)CCC[C@H](C)CCC[C@H](C)CCCC(C)C)C(C)(O)CCC[C@H](C)CCC[C@H](C)CCCC(C)C)c1. The highest BCUT2D eigenvalue weighted by Crippen LogP contribution is 2.32. The number of rotatable bonds is 55. The highest BCUT2D eigenvalue weighted by atomic mass is 16.5. The van der Waals surface area contributed by atoms with Crippen LogP contribution in [-0.4, -0.2) is 23.9 Å².